The van der Waals surface area contributed by atoms with Crippen LogP contribution in [0.4, 0.5) is 5.69 Å². The Balaban J connectivity index is 1.21. The van der Waals surface area contributed by atoms with E-state index in [-0.39, 0.29) is 18.4 Å². The Bertz CT molecular complexity index is 985. The number of ether oxygens (including phenoxy) is 1. The molecule has 4 rings (SSSR count). The van der Waals surface area contributed by atoms with Gasteiger partial charge in [0.1, 0.15) is 18.4 Å². The summed E-state index contributed by atoms with van der Waals surface area (Å²) in [6.07, 6.45) is 4.67. The lowest BCUT2D eigenvalue weighted by molar-refractivity contribution is -0.123. The molecule has 8 heteroatoms. The van der Waals surface area contributed by atoms with Crippen LogP contribution in [0.2, 0.25) is 0 Å². The van der Waals surface area contributed by atoms with Crippen molar-refractivity contribution in [3.05, 3.63) is 72.3 Å². The third-order valence-corrected chi connectivity index (χ3v) is 4.92. The zero-order valence-corrected chi connectivity index (χ0v) is 16.5. The third kappa shape index (κ3) is 5.02. The topological polar surface area (TPSA) is 89.4 Å². The lowest BCUT2D eigenvalue weighted by Crippen LogP contribution is -2.28. The number of nitrogens with zero attached hydrogens (tertiary/aromatic N) is 4. The summed E-state index contributed by atoms with van der Waals surface area (Å²) < 4.78 is 7.30. The molecule has 3 aromatic rings. The minimum Gasteiger partial charge on any atom is -0.484 e. The number of carbonyl (C=O) groups excluding carboxylic acids is 2. The van der Waals surface area contributed by atoms with Crippen molar-refractivity contribution in [2.45, 2.75) is 25.9 Å². The number of benzene rings is 2. The maximum Gasteiger partial charge on any atom is 0.258 e. The summed E-state index contributed by atoms with van der Waals surface area (Å²) in [5.74, 6) is 0.549. The second kappa shape index (κ2) is 9.21. The number of hydrogen-bond donors (Lipinski definition) is 1. The van der Waals surface area contributed by atoms with E-state index >= 15 is 0 Å². The highest BCUT2D eigenvalue weighted by Crippen LogP contribution is 2.23. The molecule has 0 atom stereocenters. The number of amides is 2. The van der Waals surface area contributed by atoms with E-state index in [9.17, 15) is 9.59 Å². The Morgan fingerprint density at radius 3 is 2.50 bits per heavy atom. The molecule has 154 valence electrons. The van der Waals surface area contributed by atoms with E-state index in [1.54, 1.807) is 28.0 Å². The first-order chi connectivity index (χ1) is 14.7. The minimum absolute atomic E-state index is 0.0631. The molecule has 2 heterocycles. The van der Waals surface area contributed by atoms with Crippen LogP contribution in [0.25, 0.3) is 0 Å². The number of anilines is 1. The minimum atomic E-state index is -0.194. The van der Waals surface area contributed by atoms with E-state index in [4.69, 9.17) is 4.74 Å². The summed E-state index contributed by atoms with van der Waals surface area (Å²) in [5, 5.41) is 6.94. The number of hydrogen-bond acceptors (Lipinski definition) is 5. The quantitative estimate of drug-likeness (QED) is 0.620. The van der Waals surface area contributed by atoms with Crippen LogP contribution >= 0.6 is 0 Å². The molecule has 1 fully saturated rings. The Morgan fingerprint density at radius 2 is 1.83 bits per heavy atom. The molecular formula is C22H23N5O3. The van der Waals surface area contributed by atoms with Crippen LogP contribution in [0.1, 0.15) is 24.0 Å². The Hall–Kier alpha value is -3.68. The molecule has 0 saturated carbocycles. The Labute approximate surface area is 174 Å². The van der Waals surface area contributed by atoms with Gasteiger partial charge >= 0.3 is 0 Å². The fourth-order valence-electron chi connectivity index (χ4n) is 3.31. The molecule has 0 unspecified atom stereocenters. The predicted octanol–water partition coefficient (Wildman–Crippen LogP) is 2.15. The van der Waals surface area contributed by atoms with Crippen LogP contribution in [0.3, 0.4) is 0 Å². The van der Waals surface area contributed by atoms with Gasteiger partial charge in [0.25, 0.3) is 5.91 Å². The van der Waals surface area contributed by atoms with Gasteiger partial charge in [-0.15, -0.1) is 0 Å². The highest BCUT2D eigenvalue weighted by atomic mass is 16.5. The third-order valence-electron chi connectivity index (χ3n) is 4.92. The van der Waals surface area contributed by atoms with Gasteiger partial charge in [-0.3, -0.25) is 9.59 Å². The van der Waals surface area contributed by atoms with Crippen molar-refractivity contribution >= 4 is 17.5 Å². The van der Waals surface area contributed by atoms with Gasteiger partial charge in [0.05, 0.1) is 6.54 Å². The summed E-state index contributed by atoms with van der Waals surface area (Å²) in [4.78, 5) is 29.6. The molecule has 1 aromatic heterocycles. The molecule has 1 saturated heterocycles. The van der Waals surface area contributed by atoms with Crippen molar-refractivity contribution in [2.24, 2.45) is 0 Å². The van der Waals surface area contributed by atoms with Crippen molar-refractivity contribution in [1.29, 1.82) is 0 Å². The predicted molar refractivity (Wildman–Crippen MR) is 111 cm³/mol. The second-order valence-corrected chi connectivity index (χ2v) is 7.12. The first-order valence-corrected chi connectivity index (χ1v) is 9.87. The van der Waals surface area contributed by atoms with Gasteiger partial charge in [0, 0.05) is 25.2 Å². The average molecular weight is 405 g/mol. The first kappa shape index (κ1) is 19.6. The molecule has 0 spiro atoms. The summed E-state index contributed by atoms with van der Waals surface area (Å²) in [7, 11) is 0. The van der Waals surface area contributed by atoms with Gasteiger partial charge in [-0.05, 0) is 41.8 Å². The maximum absolute atomic E-state index is 12.1. The summed E-state index contributed by atoms with van der Waals surface area (Å²) >= 11 is 0. The van der Waals surface area contributed by atoms with Crippen molar-refractivity contribution in [3.63, 3.8) is 0 Å². The van der Waals surface area contributed by atoms with Crippen LogP contribution < -0.4 is 15.0 Å². The summed E-state index contributed by atoms with van der Waals surface area (Å²) in [6.45, 7) is 1.78. The number of aromatic nitrogens is 3. The Kier molecular flexibility index (Phi) is 6.03. The fourth-order valence-corrected chi connectivity index (χ4v) is 3.31. The van der Waals surface area contributed by atoms with Crippen molar-refractivity contribution < 1.29 is 14.3 Å². The fraction of sp³-hybridized carbons (Fsp3) is 0.273. The van der Waals surface area contributed by atoms with Crippen LogP contribution in [-0.2, 0) is 22.7 Å². The lowest BCUT2D eigenvalue weighted by Gasteiger charge is -2.16. The van der Waals surface area contributed by atoms with Gasteiger partial charge in [0.2, 0.25) is 5.91 Å². The SMILES string of the molecule is O=C(COc1ccc(N2CCCC2=O)cc1)NCc1ccc(Cn2cncn2)cc1. The molecule has 1 aliphatic heterocycles. The number of rotatable bonds is 8. The highest BCUT2D eigenvalue weighted by molar-refractivity contribution is 5.95. The molecule has 0 radical (unpaired) electrons. The zero-order valence-electron chi connectivity index (χ0n) is 16.5. The van der Waals surface area contributed by atoms with Gasteiger partial charge < -0.3 is 15.0 Å². The molecule has 1 N–H and O–H groups in total. The maximum atomic E-state index is 12.1. The molecular weight excluding hydrogens is 382 g/mol. The van der Waals surface area contributed by atoms with Crippen molar-refractivity contribution in [1.82, 2.24) is 20.1 Å². The van der Waals surface area contributed by atoms with Gasteiger partial charge in [-0.25, -0.2) is 9.67 Å². The van der Waals surface area contributed by atoms with Crippen LogP contribution in [0.15, 0.2) is 61.2 Å². The van der Waals surface area contributed by atoms with Crippen LogP contribution in [-0.4, -0.2) is 39.7 Å². The first-order valence-electron chi connectivity index (χ1n) is 9.87. The largest absolute Gasteiger partial charge is 0.484 e. The van der Waals surface area contributed by atoms with Gasteiger partial charge in [0.15, 0.2) is 6.61 Å². The van der Waals surface area contributed by atoms with Gasteiger partial charge in [-0.1, -0.05) is 24.3 Å². The van der Waals surface area contributed by atoms with Crippen LogP contribution in [0, 0.1) is 0 Å². The molecule has 2 amide bonds. The number of carbonyl (C=O) groups is 2. The summed E-state index contributed by atoms with van der Waals surface area (Å²) in [6, 6.07) is 15.2. The normalized spacial score (nSPS) is 13.5. The van der Waals surface area contributed by atoms with E-state index in [0.29, 0.717) is 25.3 Å². The van der Waals surface area contributed by atoms with E-state index < -0.39 is 0 Å². The molecule has 30 heavy (non-hydrogen) atoms. The lowest BCUT2D eigenvalue weighted by atomic mass is 10.1. The average Bonchev–Trinajstić information content (AvgIpc) is 3.44. The molecule has 0 bridgehead atoms. The van der Waals surface area contributed by atoms with E-state index in [1.807, 2.05) is 36.4 Å². The molecule has 2 aromatic carbocycles. The Morgan fingerprint density at radius 1 is 1.07 bits per heavy atom. The standard InChI is InChI=1S/C22H23N5O3/c28-21(14-30-20-9-7-19(8-10-20)27-11-1-2-22(27)29)24-12-17-3-5-18(6-4-17)13-26-16-23-15-25-26/h3-10,15-16H,1-2,11-14H2,(H,24,28). The van der Waals surface area contributed by atoms with E-state index in [1.165, 1.54) is 6.33 Å². The monoisotopic (exact) mass is 405 g/mol. The molecule has 1 aliphatic rings. The highest BCUT2D eigenvalue weighted by Gasteiger charge is 2.21. The van der Waals surface area contributed by atoms with E-state index in [0.717, 1.165) is 29.8 Å². The zero-order chi connectivity index (χ0) is 20.8. The van der Waals surface area contributed by atoms with Crippen molar-refractivity contribution in [3.8, 4) is 5.75 Å². The van der Waals surface area contributed by atoms with E-state index in [2.05, 4.69) is 15.4 Å². The smallest absolute Gasteiger partial charge is 0.258 e. The summed E-state index contributed by atoms with van der Waals surface area (Å²) in [5.41, 5.74) is 2.98. The molecule has 8 nitrogen and oxygen atoms in total. The second-order valence-electron chi connectivity index (χ2n) is 7.12. The number of nitrogens with one attached hydrogen (secondary N) is 1. The van der Waals surface area contributed by atoms with Crippen molar-refractivity contribution in [2.75, 3.05) is 18.1 Å². The van der Waals surface area contributed by atoms with Gasteiger partial charge in [-0.2, -0.15) is 5.10 Å². The van der Waals surface area contributed by atoms with Crippen LogP contribution in [0.5, 0.6) is 5.75 Å². The molecule has 0 aliphatic carbocycles.